The molecular weight excluding hydrogens is 284 g/mol. The standard InChI is InChI=1S/C16H18N2O4/c1-13-15(18(20)21)9-10-16(19)17(13)11-5-6-12-22-14-7-3-2-4-8-14/h2-4,7-10H,5-6,11-12H2,1H3. The van der Waals surface area contributed by atoms with Crippen LogP contribution in [0.2, 0.25) is 0 Å². The third-order valence-corrected chi connectivity index (χ3v) is 3.41. The molecule has 0 fully saturated rings. The van der Waals surface area contributed by atoms with Gasteiger partial charge in [0.1, 0.15) is 5.75 Å². The van der Waals surface area contributed by atoms with Crippen LogP contribution in [0, 0.1) is 17.0 Å². The van der Waals surface area contributed by atoms with Crippen LogP contribution in [0.3, 0.4) is 0 Å². The number of unbranched alkanes of at least 4 members (excludes halogenated alkanes) is 1. The lowest BCUT2D eigenvalue weighted by Crippen LogP contribution is -2.22. The van der Waals surface area contributed by atoms with Crippen molar-refractivity contribution in [3.8, 4) is 5.75 Å². The van der Waals surface area contributed by atoms with Crippen molar-refractivity contribution in [1.82, 2.24) is 4.57 Å². The number of nitrogens with zero attached hydrogens (tertiary/aromatic N) is 2. The first-order valence-electron chi connectivity index (χ1n) is 7.12. The van der Waals surface area contributed by atoms with Crippen molar-refractivity contribution in [2.45, 2.75) is 26.3 Å². The van der Waals surface area contributed by atoms with E-state index in [1.807, 2.05) is 30.3 Å². The maximum absolute atomic E-state index is 11.8. The molecular formula is C16H18N2O4. The maximum atomic E-state index is 11.8. The van der Waals surface area contributed by atoms with Crippen LogP contribution < -0.4 is 10.3 Å². The van der Waals surface area contributed by atoms with E-state index in [1.165, 1.54) is 16.7 Å². The molecule has 0 unspecified atom stereocenters. The minimum Gasteiger partial charge on any atom is -0.494 e. The van der Waals surface area contributed by atoms with E-state index in [2.05, 4.69) is 0 Å². The van der Waals surface area contributed by atoms with Gasteiger partial charge in [-0.1, -0.05) is 18.2 Å². The summed E-state index contributed by atoms with van der Waals surface area (Å²) in [4.78, 5) is 22.2. The quantitative estimate of drug-likeness (QED) is 0.448. The summed E-state index contributed by atoms with van der Waals surface area (Å²) in [6.45, 7) is 2.59. The molecule has 116 valence electrons. The van der Waals surface area contributed by atoms with Crippen LogP contribution in [0.4, 0.5) is 5.69 Å². The topological polar surface area (TPSA) is 74.4 Å². The molecule has 1 aromatic heterocycles. The molecule has 0 spiro atoms. The lowest BCUT2D eigenvalue weighted by atomic mass is 10.2. The zero-order chi connectivity index (χ0) is 15.9. The van der Waals surface area contributed by atoms with Gasteiger partial charge in [0, 0.05) is 18.7 Å². The van der Waals surface area contributed by atoms with E-state index in [9.17, 15) is 14.9 Å². The first kappa shape index (κ1) is 15.8. The monoisotopic (exact) mass is 302 g/mol. The van der Waals surface area contributed by atoms with Crippen LogP contribution in [-0.4, -0.2) is 16.1 Å². The van der Waals surface area contributed by atoms with Gasteiger partial charge in [-0.05, 0) is 31.9 Å². The Morgan fingerprint density at radius 2 is 1.86 bits per heavy atom. The number of ether oxygens (including phenoxy) is 1. The Kier molecular flexibility index (Phi) is 5.30. The van der Waals surface area contributed by atoms with Gasteiger partial charge in [0.05, 0.1) is 17.2 Å². The fourth-order valence-corrected chi connectivity index (χ4v) is 2.21. The van der Waals surface area contributed by atoms with E-state index in [1.54, 1.807) is 6.92 Å². The summed E-state index contributed by atoms with van der Waals surface area (Å²) < 4.78 is 7.02. The van der Waals surface area contributed by atoms with Gasteiger partial charge < -0.3 is 9.30 Å². The molecule has 0 N–H and O–H groups in total. The normalized spacial score (nSPS) is 10.4. The summed E-state index contributed by atoms with van der Waals surface area (Å²) in [6, 6.07) is 12.0. The third-order valence-electron chi connectivity index (χ3n) is 3.41. The molecule has 1 heterocycles. The van der Waals surface area contributed by atoms with Gasteiger partial charge in [-0.15, -0.1) is 0 Å². The van der Waals surface area contributed by atoms with Crippen molar-refractivity contribution in [2.75, 3.05) is 6.61 Å². The molecule has 2 rings (SSSR count). The van der Waals surface area contributed by atoms with Crippen LogP contribution in [-0.2, 0) is 6.54 Å². The van der Waals surface area contributed by atoms with Crippen molar-refractivity contribution in [2.24, 2.45) is 0 Å². The van der Waals surface area contributed by atoms with Crippen molar-refractivity contribution >= 4 is 5.69 Å². The Balaban J connectivity index is 1.88. The molecule has 0 radical (unpaired) electrons. The Hall–Kier alpha value is -2.63. The fourth-order valence-electron chi connectivity index (χ4n) is 2.21. The number of nitro groups is 1. The number of pyridine rings is 1. The Bertz CT molecular complexity index is 695. The number of hydrogen-bond donors (Lipinski definition) is 0. The summed E-state index contributed by atoms with van der Waals surface area (Å²) in [7, 11) is 0. The van der Waals surface area contributed by atoms with Gasteiger partial charge in [-0.3, -0.25) is 14.9 Å². The van der Waals surface area contributed by atoms with E-state index in [0.717, 1.165) is 18.6 Å². The molecule has 0 aliphatic carbocycles. The molecule has 0 atom stereocenters. The highest BCUT2D eigenvalue weighted by atomic mass is 16.6. The molecule has 0 saturated carbocycles. The number of aromatic nitrogens is 1. The lowest BCUT2D eigenvalue weighted by molar-refractivity contribution is -0.386. The molecule has 0 aliphatic rings. The fraction of sp³-hybridized carbons (Fsp3) is 0.312. The Morgan fingerprint density at radius 1 is 1.14 bits per heavy atom. The molecule has 22 heavy (non-hydrogen) atoms. The maximum Gasteiger partial charge on any atom is 0.288 e. The molecule has 0 aliphatic heterocycles. The highest BCUT2D eigenvalue weighted by Gasteiger charge is 2.14. The predicted octanol–water partition coefficient (Wildman–Crippen LogP) is 2.92. The number of benzene rings is 1. The van der Waals surface area contributed by atoms with Crippen LogP contribution in [0.5, 0.6) is 5.75 Å². The largest absolute Gasteiger partial charge is 0.494 e. The van der Waals surface area contributed by atoms with Gasteiger partial charge in [0.15, 0.2) is 0 Å². The van der Waals surface area contributed by atoms with E-state index in [4.69, 9.17) is 4.74 Å². The van der Waals surface area contributed by atoms with Crippen molar-refractivity contribution in [3.63, 3.8) is 0 Å². The van der Waals surface area contributed by atoms with Gasteiger partial charge >= 0.3 is 0 Å². The van der Waals surface area contributed by atoms with Crippen LogP contribution in [0.15, 0.2) is 47.3 Å². The second-order valence-electron chi connectivity index (χ2n) is 4.92. The molecule has 1 aromatic carbocycles. The lowest BCUT2D eigenvalue weighted by Gasteiger charge is -2.10. The number of rotatable bonds is 7. The van der Waals surface area contributed by atoms with Gasteiger partial charge in [-0.2, -0.15) is 0 Å². The van der Waals surface area contributed by atoms with E-state index in [-0.39, 0.29) is 11.2 Å². The molecule has 6 heteroatoms. The zero-order valence-corrected chi connectivity index (χ0v) is 12.4. The van der Waals surface area contributed by atoms with Gasteiger partial charge in [0.25, 0.3) is 11.2 Å². The number of para-hydroxylation sites is 1. The average molecular weight is 302 g/mol. The zero-order valence-electron chi connectivity index (χ0n) is 12.4. The molecule has 2 aromatic rings. The van der Waals surface area contributed by atoms with E-state index >= 15 is 0 Å². The van der Waals surface area contributed by atoms with Crippen molar-refractivity contribution < 1.29 is 9.66 Å². The Labute approximate surface area is 128 Å². The highest BCUT2D eigenvalue weighted by molar-refractivity contribution is 5.34. The van der Waals surface area contributed by atoms with Crippen LogP contribution in [0.25, 0.3) is 0 Å². The van der Waals surface area contributed by atoms with Gasteiger partial charge in [0.2, 0.25) is 0 Å². The second-order valence-corrected chi connectivity index (χ2v) is 4.92. The van der Waals surface area contributed by atoms with Crippen LogP contribution in [0.1, 0.15) is 18.5 Å². The smallest absolute Gasteiger partial charge is 0.288 e. The summed E-state index contributed by atoms with van der Waals surface area (Å²) in [5.74, 6) is 0.811. The summed E-state index contributed by atoms with van der Waals surface area (Å²) in [5.41, 5.74) is 0.147. The SMILES string of the molecule is Cc1c([N+](=O)[O-])ccc(=O)n1CCCCOc1ccccc1. The number of hydrogen-bond acceptors (Lipinski definition) is 4. The van der Waals surface area contributed by atoms with E-state index < -0.39 is 4.92 Å². The van der Waals surface area contributed by atoms with Crippen molar-refractivity contribution in [3.05, 3.63) is 68.6 Å². The van der Waals surface area contributed by atoms with E-state index in [0.29, 0.717) is 18.8 Å². The first-order valence-corrected chi connectivity index (χ1v) is 7.12. The minimum absolute atomic E-state index is 0.0277. The molecule has 0 bridgehead atoms. The van der Waals surface area contributed by atoms with Gasteiger partial charge in [-0.25, -0.2) is 0 Å². The summed E-state index contributed by atoms with van der Waals surface area (Å²) in [6.07, 6.45) is 1.48. The summed E-state index contributed by atoms with van der Waals surface area (Å²) in [5, 5.41) is 10.9. The Morgan fingerprint density at radius 3 is 2.55 bits per heavy atom. The highest BCUT2D eigenvalue weighted by Crippen LogP contribution is 2.15. The molecule has 0 saturated heterocycles. The second kappa shape index (κ2) is 7.40. The summed E-state index contributed by atoms with van der Waals surface area (Å²) >= 11 is 0. The average Bonchev–Trinajstić information content (AvgIpc) is 2.50. The first-order chi connectivity index (χ1) is 10.6. The van der Waals surface area contributed by atoms with Crippen LogP contribution >= 0.6 is 0 Å². The third kappa shape index (κ3) is 3.94. The van der Waals surface area contributed by atoms with Crippen molar-refractivity contribution in [1.29, 1.82) is 0 Å². The molecule has 0 amide bonds. The molecule has 6 nitrogen and oxygen atoms in total. The minimum atomic E-state index is -0.468. The predicted molar refractivity (Wildman–Crippen MR) is 83.3 cm³/mol.